The minimum Gasteiger partial charge on any atom is -0.307 e. The van der Waals surface area contributed by atoms with Gasteiger partial charge in [-0.1, -0.05) is 18.2 Å². The number of carbonyl (C=O) groups excluding carboxylic acids is 1. The highest BCUT2D eigenvalue weighted by Crippen LogP contribution is 2.11. The minimum atomic E-state index is -3.60. The number of ketones is 1. The maximum absolute atomic E-state index is 12.3. The Labute approximate surface area is 140 Å². The molecule has 0 amide bonds. The first kappa shape index (κ1) is 16.4. The molecule has 0 fully saturated rings. The fourth-order valence-corrected chi connectivity index (χ4v) is 3.41. The Morgan fingerprint density at radius 1 is 1.17 bits per heavy atom. The number of rotatable bonds is 6. The summed E-state index contributed by atoms with van der Waals surface area (Å²) in [6, 6.07) is 11.6. The largest absolute Gasteiger partial charge is 0.307 e. The van der Waals surface area contributed by atoms with Crippen molar-refractivity contribution in [2.24, 2.45) is 0 Å². The van der Waals surface area contributed by atoms with E-state index in [-0.39, 0.29) is 17.2 Å². The number of imidazole rings is 1. The monoisotopic (exact) mass is 343 g/mol. The SMILES string of the molecule is CC(=O)c1ccc(S(=O)(=O)NCCc2cn3ccccc3n2)cc1. The van der Waals surface area contributed by atoms with Crippen molar-refractivity contribution < 1.29 is 13.2 Å². The van der Waals surface area contributed by atoms with Crippen LogP contribution in [0.2, 0.25) is 0 Å². The molecule has 2 heterocycles. The van der Waals surface area contributed by atoms with Gasteiger partial charge in [0.2, 0.25) is 10.0 Å². The van der Waals surface area contributed by atoms with E-state index < -0.39 is 10.0 Å². The van der Waals surface area contributed by atoms with E-state index in [2.05, 4.69) is 9.71 Å². The molecule has 0 aliphatic rings. The van der Waals surface area contributed by atoms with E-state index in [1.807, 2.05) is 35.0 Å². The van der Waals surface area contributed by atoms with Crippen LogP contribution in [-0.4, -0.2) is 30.1 Å². The number of hydrogen-bond donors (Lipinski definition) is 1. The molecule has 0 saturated carbocycles. The summed E-state index contributed by atoms with van der Waals surface area (Å²) in [5, 5.41) is 0. The van der Waals surface area contributed by atoms with Crippen molar-refractivity contribution in [1.82, 2.24) is 14.1 Å². The average molecular weight is 343 g/mol. The predicted molar refractivity (Wildman–Crippen MR) is 90.5 cm³/mol. The molecule has 0 bridgehead atoms. The molecule has 0 atom stereocenters. The van der Waals surface area contributed by atoms with Crippen molar-refractivity contribution in [3.05, 3.63) is 66.1 Å². The summed E-state index contributed by atoms with van der Waals surface area (Å²) in [5.74, 6) is -0.0984. The summed E-state index contributed by atoms with van der Waals surface area (Å²) in [7, 11) is -3.60. The smallest absolute Gasteiger partial charge is 0.240 e. The molecular weight excluding hydrogens is 326 g/mol. The molecule has 1 aromatic carbocycles. The maximum Gasteiger partial charge on any atom is 0.240 e. The number of fused-ring (bicyclic) bond motifs is 1. The Morgan fingerprint density at radius 2 is 1.92 bits per heavy atom. The highest BCUT2D eigenvalue weighted by atomic mass is 32.2. The third-order valence-corrected chi connectivity index (χ3v) is 5.14. The van der Waals surface area contributed by atoms with Crippen LogP contribution >= 0.6 is 0 Å². The first-order chi connectivity index (χ1) is 11.5. The fourth-order valence-electron chi connectivity index (χ4n) is 2.37. The second-order valence-corrected chi connectivity index (χ2v) is 7.19. The van der Waals surface area contributed by atoms with Crippen LogP contribution in [0.3, 0.4) is 0 Å². The van der Waals surface area contributed by atoms with E-state index in [1.165, 1.54) is 31.2 Å². The van der Waals surface area contributed by atoms with Gasteiger partial charge in [-0.3, -0.25) is 4.79 Å². The molecule has 0 spiro atoms. The molecule has 124 valence electrons. The molecule has 3 aromatic rings. The molecule has 0 saturated heterocycles. The zero-order chi connectivity index (χ0) is 17.2. The van der Waals surface area contributed by atoms with E-state index in [9.17, 15) is 13.2 Å². The predicted octanol–water partition coefficient (Wildman–Crippen LogP) is 2.06. The van der Waals surface area contributed by atoms with Gasteiger partial charge >= 0.3 is 0 Å². The first-order valence-electron chi connectivity index (χ1n) is 7.49. The van der Waals surface area contributed by atoms with E-state index in [0.29, 0.717) is 12.0 Å². The molecule has 0 radical (unpaired) electrons. The number of benzene rings is 1. The summed E-state index contributed by atoms with van der Waals surface area (Å²) in [6.07, 6.45) is 4.27. The van der Waals surface area contributed by atoms with Gasteiger partial charge in [0.1, 0.15) is 5.65 Å². The van der Waals surface area contributed by atoms with Crippen molar-refractivity contribution in [2.75, 3.05) is 6.54 Å². The molecule has 0 aliphatic heterocycles. The van der Waals surface area contributed by atoms with E-state index in [0.717, 1.165) is 11.3 Å². The molecule has 0 unspecified atom stereocenters. The molecule has 3 rings (SSSR count). The molecule has 6 nitrogen and oxygen atoms in total. The van der Waals surface area contributed by atoms with Crippen LogP contribution in [0.1, 0.15) is 23.0 Å². The summed E-state index contributed by atoms with van der Waals surface area (Å²) in [5.41, 5.74) is 2.13. The lowest BCUT2D eigenvalue weighted by atomic mass is 10.2. The van der Waals surface area contributed by atoms with Gasteiger partial charge < -0.3 is 4.40 Å². The normalized spacial score (nSPS) is 11.7. The Morgan fingerprint density at radius 3 is 2.58 bits per heavy atom. The lowest BCUT2D eigenvalue weighted by Crippen LogP contribution is -2.26. The van der Waals surface area contributed by atoms with E-state index >= 15 is 0 Å². The minimum absolute atomic E-state index is 0.0984. The molecule has 24 heavy (non-hydrogen) atoms. The lowest BCUT2D eigenvalue weighted by Gasteiger charge is -2.06. The lowest BCUT2D eigenvalue weighted by molar-refractivity contribution is 0.101. The highest BCUT2D eigenvalue weighted by molar-refractivity contribution is 7.89. The number of carbonyl (C=O) groups is 1. The third kappa shape index (κ3) is 3.52. The second kappa shape index (κ2) is 6.54. The second-order valence-electron chi connectivity index (χ2n) is 5.43. The number of aromatic nitrogens is 2. The van der Waals surface area contributed by atoms with Crippen molar-refractivity contribution in [1.29, 1.82) is 0 Å². The zero-order valence-electron chi connectivity index (χ0n) is 13.1. The standard InChI is InChI=1S/C17H17N3O3S/c1-13(21)14-5-7-16(8-6-14)24(22,23)18-10-9-15-12-20-11-3-2-4-17(20)19-15/h2-8,11-12,18H,9-10H2,1H3. The van der Waals surface area contributed by atoms with Crippen LogP contribution in [0, 0.1) is 0 Å². The van der Waals surface area contributed by atoms with Crippen LogP contribution in [0.15, 0.2) is 59.8 Å². The molecule has 7 heteroatoms. The molecule has 1 N–H and O–H groups in total. The number of hydrogen-bond acceptors (Lipinski definition) is 4. The summed E-state index contributed by atoms with van der Waals surface area (Å²) >= 11 is 0. The van der Waals surface area contributed by atoms with Crippen molar-refractivity contribution in [3.8, 4) is 0 Å². The Bertz CT molecular complexity index is 943. The number of pyridine rings is 1. The van der Waals surface area contributed by atoms with Gasteiger partial charge in [-0.15, -0.1) is 0 Å². The number of nitrogens with one attached hydrogen (secondary N) is 1. The van der Waals surface area contributed by atoms with Gasteiger partial charge in [0.15, 0.2) is 5.78 Å². The Kier molecular flexibility index (Phi) is 4.46. The average Bonchev–Trinajstić information content (AvgIpc) is 2.97. The van der Waals surface area contributed by atoms with Gasteiger partial charge in [0, 0.05) is 30.9 Å². The van der Waals surface area contributed by atoms with Gasteiger partial charge in [-0.2, -0.15) is 0 Å². The maximum atomic E-state index is 12.3. The van der Waals surface area contributed by atoms with Crippen LogP contribution < -0.4 is 4.72 Å². The first-order valence-corrected chi connectivity index (χ1v) is 8.97. The molecule has 0 aliphatic carbocycles. The van der Waals surface area contributed by atoms with Gasteiger partial charge in [-0.25, -0.2) is 18.1 Å². The number of nitrogens with zero attached hydrogens (tertiary/aromatic N) is 2. The van der Waals surface area contributed by atoms with Crippen molar-refractivity contribution in [3.63, 3.8) is 0 Å². The zero-order valence-corrected chi connectivity index (χ0v) is 14.0. The topological polar surface area (TPSA) is 80.5 Å². The summed E-state index contributed by atoms with van der Waals surface area (Å²) in [6.45, 7) is 1.69. The van der Waals surface area contributed by atoms with Crippen LogP contribution in [0.25, 0.3) is 5.65 Å². The van der Waals surface area contributed by atoms with Crippen molar-refractivity contribution >= 4 is 21.5 Å². The Balaban J connectivity index is 1.65. The quantitative estimate of drug-likeness (QED) is 0.695. The van der Waals surface area contributed by atoms with Gasteiger partial charge in [0.25, 0.3) is 0 Å². The van der Waals surface area contributed by atoms with Crippen LogP contribution in [0.4, 0.5) is 0 Å². The van der Waals surface area contributed by atoms with Gasteiger partial charge in [-0.05, 0) is 31.2 Å². The summed E-state index contributed by atoms with van der Waals surface area (Å²) in [4.78, 5) is 15.8. The number of sulfonamides is 1. The fraction of sp³-hybridized carbons (Fsp3) is 0.176. The van der Waals surface area contributed by atoms with Crippen molar-refractivity contribution in [2.45, 2.75) is 18.2 Å². The third-order valence-electron chi connectivity index (χ3n) is 3.66. The van der Waals surface area contributed by atoms with E-state index in [1.54, 1.807) is 0 Å². The van der Waals surface area contributed by atoms with Crippen LogP contribution in [0.5, 0.6) is 0 Å². The highest BCUT2D eigenvalue weighted by Gasteiger charge is 2.14. The summed E-state index contributed by atoms with van der Waals surface area (Å²) < 4.78 is 29.0. The Hall–Kier alpha value is -2.51. The van der Waals surface area contributed by atoms with Crippen LogP contribution in [-0.2, 0) is 16.4 Å². The molecular formula is C17H17N3O3S. The van der Waals surface area contributed by atoms with E-state index in [4.69, 9.17) is 0 Å². The van der Waals surface area contributed by atoms with Gasteiger partial charge in [0.05, 0.1) is 10.6 Å². The number of Topliss-reactive ketones (excluding diaryl/α,β-unsaturated/α-hetero) is 1. The molecule has 2 aromatic heterocycles.